The van der Waals surface area contributed by atoms with Gasteiger partial charge in [0, 0.05) is 0 Å². The fourth-order valence-electron chi connectivity index (χ4n) is 11.5. The first-order valence-corrected chi connectivity index (χ1v) is 16.2. The lowest BCUT2D eigenvalue weighted by Crippen LogP contribution is -2.60. The maximum absolute atomic E-state index is 11.5. The summed E-state index contributed by atoms with van der Waals surface area (Å²) < 4.78 is 0. The Kier molecular flexibility index (Phi) is 7.06. The number of rotatable bonds is 5. The van der Waals surface area contributed by atoms with Crippen molar-refractivity contribution >= 4 is 0 Å². The molecular formula is C34H60O2. The lowest BCUT2D eigenvalue weighted by molar-refractivity contribution is -0.195. The SMILES string of the molecule is CC[C@]1(O)CC[C@]2(C)[C@H]3CC[C@]4(C)[C@@H]([C@H](C)[C@H](O)CC5CCC(C)(C)CC5)CC[C@H]4[C@@H]3CC[C@@]2(C)C1. The van der Waals surface area contributed by atoms with Gasteiger partial charge in [-0.15, -0.1) is 0 Å². The molecule has 0 unspecified atom stereocenters. The van der Waals surface area contributed by atoms with Crippen LogP contribution in [-0.2, 0) is 0 Å². The minimum Gasteiger partial charge on any atom is -0.393 e. The molecule has 0 aromatic carbocycles. The van der Waals surface area contributed by atoms with Gasteiger partial charge < -0.3 is 10.2 Å². The Balaban J connectivity index is 1.27. The molecule has 5 rings (SSSR count). The summed E-state index contributed by atoms with van der Waals surface area (Å²) in [6, 6.07) is 0. The summed E-state index contributed by atoms with van der Waals surface area (Å²) in [7, 11) is 0. The molecule has 0 amide bonds. The largest absolute Gasteiger partial charge is 0.393 e. The molecule has 0 heterocycles. The second-order valence-corrected chi connectivity index (χ2v) is 16.6. The lowest BCUT2D eigenvalue weighted by atomic mass is 9.39. The van der Waals surface area contributed by atoms with Crippen LogP contribution in [0.2, 0.25) is 0 Å². The van der Waals surface area contributed by atoms with E-state index in [1.165, 1.54) is 70.6 Å². The average molecular weight is 501 g/mol. The van der Waals surface area contributed by atoms with Gasteiger partial charge in [0.15, 0.2) is 0 Å². The Morgan fingerprint density at radius 2 is 1.47 bits per heavy atom. The monoisotopic (exact) mass is 500 g/mol. The van der Waals surface area contributed by atoms with Gasteiger partial charge in [-0.3, -0.25) is 0 Å². The van der Waals surface area contributed by atoms with E-state index in [0.717, 1.165) is 49.4 Å². The van der Waals surface area contributed by atoms with E-state index in [1.807, 2.05) is 0 Å². The molecule has 2 heteroatoms. The molecule has 2 nitrogen and oxygen atoms in total. The van der Waals surface area contributed by atoms with Crippen molar-refractivity contribution in [3.05, 3.63) is 0 Å². The molecule has 0 bridgehead atoms. The molecule has 5 aliphatic carbocycles. The number of hydrogen-bond acceptors (Lipinski definition) is 2. The van der Waals surface area contributed by atoms with Crippen LogP contribution in [0, 0.1) is 57.2 Å². The molecule has 36 heavy (non-hydrogen) atoms. The summed E-state index contributed by atoms with van der Waals surface area (Å²) >= 11 is 0. The Hall–Kier alpha value is -0.0800. The highest BCUT2D eigenvalue weighted by molar-refractivity contribution is 5.14. The number of aliphatic hydroxyl groups is 2. The number of fused-ring (bicyclic) bond motifs is 5. The van der Waals surface area contributed by atoms with Crippen molar-refractivity contribution in [2.24, 2.45) is 57.2 Å². The number of hydrogen-bond donors (Lipinski definition) is 2. The Labute approximate surface area is 223 Å². The van der Waals surface area contributed by atoms with Crippen LogP contribution in [0.15, 0.2) is 0 Å². The van der Waals surface area contributed by atoms with E-state index in [9.17, 15) is 10.2 Å². The van der Waals surface area contributed by atoms with E-state index >= 15 is 0 Å². The third-order valence-corrected chi connectivity index (χ3v) is 14.5. The van der Waals surface area contributed by atoms with Crippen molar-refractivity contribution in [2.75, 3.05) is 0 Å². The van der Waals surface area contributed by atoms with Gasteiger partial charge in [0.1, 0.15) is 0 Å². The average Bonchev–Trinajstić information content (AvgIpc) is 3.18. The summed E-state index contributed by atoms with van der Waals surface area (Å²) in [5.74, 6) is 4.41. The second-order valence-electron chi connectivity index (χ2n) is 16.6. The van der Waals surface area contributed by atoms with Gasteiger partial charge in [-0.25, -0.2) is 0 Å². The van der Waals surface area contributed by atoms with Crippen LogP contribution in [0.25, 0.3) is 0 Å². The van der Waals surface area contributed by atoms with Crippen LogP contribution < -0.4 is 0 Å². The quantitative estimate of drug-likeness (QED) is 0.396. The molecule has 0 aromatic heterocycles. The first-order valence-electron chi connectivity index (χ1n) is 16.2. The Morgan fingerprint density at radius 3 is 2.14 bits per heavy atom. The molecule has 5 saturated carbocycles. The minimum absolute atomic E-state index is 0.119. The van der Waals surface area contributed by atoms with Crippen LogP contribution >= 0.6 is 0 Å². The predicted octanol–water partition coefficient (Wildman–Crippen LogP) is 8.78. The summed E-state index contributed by atoms with van der Waals surface area (Å²) in [4.78, 5) is 0. The fourth-order valence-corrected chi connectivity index (χ4v) is 11.5. The van der Waals surface area contributed by atoms with Crippen molar-refractivity contribution in [3.63, 3.8) is 0 Å². The molecule has 0 radical (unpaired) electrons. The molecule has 10 atom stereocenters. The van der Waals surface area contributed by atoms with E-state index in [2.05, 4.69) is 48.5 Å². The Morgan fingerprint density at radius 1 is 0.778 bits per heavy atom. The molecule has 5 aliphatic rings. The topological polar surface area (TPSA) is 40.5 Å². The van der Waals surface area contributed by atoms with Crippen LogP contribution in [0.5, 0.6) is 0 Å². The van der Waals surface area contributed by atoms with Gasteiger partial charge in [0.05, 0.1) is 11.7 Å². The second kappa shape index (κ2) is 9.25. The minimum atomic E-state index is -0.428. The van der Waals surface area contributed by atoms with Gasteiger partial charge in [-0.05, 0) is 153 Å². The first-order chi connectivity index (χ1) is 16.8. The van der Waals surface area contributed by atoms with Gasteiger partial charge in [-0.2, -0.15) is 0 Å². The predicted molar refractivity (Wildman–Crippen MR) is 151 cm³/mol. The highest BCUT2D eigenvalue weighted by Gasteiger charge is 2.65. The van der Waals surface area contributed by atoms with Crippen LogP contribution in [0.4, 0.5) is 0 Å². The maximum Gasteiger partial charge on any atom is 0.0650 e. The summed E-state index contributed by atoms with van der Waals surface area (Å²) in [6.07, 6.45) is 18.5. The van der Waals surface area contributed by atoms with Crippen LogP contribution in [0.1, 0.15) is 145 Å². The third-order valence-electron chi connectivity index (χ3n) is 14.5. The molecule has 5 fully saturated rings. The summed E-state index contributed by atoms with van der Waals surface area (Å²) in [5.41, 5.74) is 1.18. The number of aliphatic hydroxyl groups excluding tert-OH is 1. The van der Waals surface area contributed by atoms with E-state index in [-0.39, 0.29) is 6.10 Å². The first kappa shape index (κ1) is 27.5. The van der Waals surface area contributed by atoms with Crippen molar-refractivity contribution < 1.29 is 10.2 Å². The molecule has 0 saturated heterocycles. The van der Waals surface area contributed by atoms with Gasteiger partial charge in [0.25, 0.3) is 0 Å². The fraction of sp³-hybridized carbons (Fsp3) is 1.00. The lowest BCUT2D eigenvalue weighted by Gasteiger charge is -2.66. The van der Waals surface area contributed by atoms with Gasteiger partial charge >= 0.3 is 0 Å². The third kappa shape index (κ3) is 4.35. The van der Waals surface area contributed by atoms with Crippen molar-refractivity contribution in [1.29, 1.82) is 0 Å². The van der Waals surface area contributed by atoms with E-state index in [1.54, 1.807) is 0 Å². The van der Waals surface area contributed by atoms with E-state index < -0.39 is 5.60 Å². The van der Waals surface area contributed by atoms with Crippen LogP contribution in [-0.4, -0.2) is 21.9 Å². The standard InChI is InChI=1S/C34H60O2/c1-8-34(36)20-19-33(7)28-14-18-32(6)26(9-10-27(32)25(28)13-17-31(33,5)22-34)23(2)29(35)21-24-11-15-30(3,4)16-12-24/h23-29,35-36H,8-22H2,1-7H3/t23-,25-,26+,27-,28-,29+,31-,32+,33+,34-/m0/s1. The molecule has 0 spiro atoms. The molecular weight excluding hydrogens is 440 g/mol. The highest BCUT2D eigenvalue weighted by Crippen LogP contribution is 2.72. The van der Waals surface area contributed by atoms with E-state index in [0.29, 0.717) is 33.5 Å². The Bertz CT molecular complexity index is 795. The summed E-state index contributed by atoms with van der Waals surface area (Å²) in [6.45, 7) is 17.3. The zero-order valence-electron chi connectivity index (χ0n) is 25.0. The zero-order chi connectivity index (χ0) is 26.1. The van der Waals surface area contributed by atoms with Crippen molar-refractivity contribution in [1.82, 2.24) is 0 Å². The molecule has 0 aromatic rings. The van der Waals surface area contributed by atoms with Gasteiger partial charge in [-0.1, -0.05) is 48.5 Å². The van der Waals surface area contributed by atoms with Gasteiger partial charge in [0.2, 0.25) is 0 Å². The van der Waals surface area contributed by atoms with Crippen molar-refractivity contribution in [3.8, 4) is 0 Å². The van der Waals surface area contributed by atoms with E-state index in [4.69, 9.17) is 0 Å². The normalized spacial score (nSPS) is 50.6. The molecule has 208 valence electrons. The highest BCUT2D eigenvalue weighted by atomic mass is 16.3. The van der Waals surface area contributed by atoms with Crippen LogP contribution in [0.3, 0.4) is 0 Å². The zero-order valence-corrected chi connectivity index (χ0v) is 25.0. The molecule has 2 N–H and O–H groups in total. The maximum atomic E-state index is 11.5. The molecule has 0 aliphatic heterocycles. The smallest absolute Gasteiger partial charge is 0.0650 e. The summed E-state index contributed by atoms with van der Waals surface area (Å²) in [5, 5.41) is 22.7. The van der Waals surface area contributed by atoms with Crippen molar-refractivity contribution in [2.45, 2.75) is 156 Å².